The number of hydrogen-bond acceptors (Lipinski definition) is 5. The monoisotopic (exact) mass is 315 g/mol. The second-order valence-corrected chi connectivity index (χ2v) is 4.60. The highest BCUT2D eigenvalue weighted by atomic mass is 16.5. The topological polar surface area (TPSA) is 73.9 Å². The molecule has 6 nitrogen and oxygen atoms in total. The van der Waals surface area contributed by atoms with E-state index in [-0.39, 0.29) is 5.91 Å². The van der Waals surface area contributed by atoms with E-state index in [1.165, 1.54) is 21.3 Å². The van der Waals surface area contributed by atoms with Gasteiger partial charge < -0.3 is 19.5 Å². The quantitative estimate of drug-likeness (QED) is 0.830. The molecule has 2 aromatic carbocycles. The van der Waals surface area contributed by atoms with Crippen LogP contribution in [0.1, 0.15) is 20.7 Å². The molecule has 1 amide bonds. The number of benzene rings is 2. The summed E-state index contributed by atoms with van der Waals surface area (Å²) >= 11 is 0. The highest BCUT2D eigenvalue weighted by molar-refractivity contribution is 6.05. The average Bonchev–Trinajstić information content (AvgIpc) is 2.60. The van der Waals surface area contributed by atoms with Crippen molar-refractivity contribution in [3.05, 3.63) is 47.5 Å². The number of nitrogens with one attached hydrogen (secondary N) is 1. The molecule has 0 radical (unpaired) electrons. The van der Waals surface area contributed by atoms with Gasteiger partial charge in [0.05, 0.1) is 27.0 Å². The maximum Gasteiger partial charge on any atom is 0.255 e. The van der Waals surface area contributed by atoms with Gasteiger partial charge in [-0.2, -0.15) is 0 Å². The lowest BCUT2D eigenvalue weighted by Gasteiger charge is -2.12. The van der Waals surface area contributed by atoms with Crippen LogP contribution < -0.4 is 19.5 Å². The van der Waals surface area contributed by atoms with E-state index in [4.69, 9.17) is 14.2 Å². The Bertz CT molecular complexity index is 727. The Hall–Kier alpha value is -3.02. The van der Waals surface area contributed by atoms with Crippen LogP contribution in [0, 0.1) is 0 Å². The van der Waals surface area contributed by atoms with Gasteiger partial charge in [-0.3, -0.25) is 9.59 Å². The third-order valence-corrected chi connectivity index (χ3v) is 3.25. The van der Waals surface area contributed by atoms with Crippen LogP contribution in [0.2, 0.25) is 0 Å². The summed E-state index contributed by atoms with van der Waals surface area (Å²) in [6.07, 6.45) is 0.700. The van der Waals surface area contributed by atoms with Crippen LogP contribution in [0.25, 0.3) is 0 Å². The Labute approximate surface area is 134 Å². The predicted octanol–water partition coefficient (Wildman–Crippen LogP) is 2.78. The molecule has 0 bridgehead atoms. The first kappa shape index (κ1) is 16.4. The SMILES string of the molecule is COc1ccc(C=O)cc1NC(=O)c1ccc(OC)c(OC)c1. The highest BCUT2D eigenvalue weighted by Gasteiger charge is 2.13. The van der Waals surface area contributed by atoms with Crippen molar-refractivity contribution in [2.45, 2.75) is 0 Å². The van der Waals surface area contributed by atoms with E-state index in [0.717, 1.165) is 0 Å². The molecule has 1 N–H and O–H groups in total. The average molecular weight is 315 g/mol. The Balaban J connectivity index is 2.30. The number of hydrogen-bond donors (Lipinski definition) is 1. The first-order valence-corrected chi connectivity index (χ1v) is 6.79. The van der Waals surface area contributed by atoms with Crippen LogP contribution in [-0.4, -0.2) is 33.5 Å². The van der Waals surface area contributed by atoms with E-state index in [1.54, 1.807) is 36.4 Å². The van der Waals surface area contributed by atoms with Crippen LogP contribution in [0.5, 0.6) is 17.2 Å². The molecule has 0 aliphatic heterocycles. The van der Waals surface area contributed by atoms with Crippen molar-refractivity contribution in [1.82, 2.24) is 0 Å². The second kappa shape index (κ2) is 7.31. The zero-order valence-electron chi connectivity index (χ0n) is 13.1. The van der Waals surface area contributed by atoms with Crippen LogP contribution in [-0.2, 0) is 0 Å². The van der Waals surface area contributed by atoms with Crippen molar-refractivity contribution in [2.75, 3.05) is 26.6 Å². The van der Waals surface area contributed by atoms with E-state index >= 15 is 0 Å². The number of rotatable bonds is 6. The fraction of sp³-hybridized carbons (Fsp3) is 0.176. The normalized spacial score (nSPS) is 9.87. The van der Waals surface area contributed by atoms with Crippen molar-refractivity contribution < 1.29 is 23.8 Å². The minimum Gasteiger partial charge on any atom is -0.495 e. The van der Waals surface area contributed by atoms with E-state index in [9.17, 15) is 9.59 Å². The molecule has 0 saturated heterocycles. The van der Waals surface area contributed by atoms with Crippen molar-refractivity contribution in [3.63, 3.8) is 0 Å². The molecule has 6 heteroatoms. The standard InChI is InChI=1S/C17H17NO5/c1-21-14-6-4-11(10-19)8-13(14)18-17(20)12-5-7-15(22-2)16(9-12)23-3/h4-10H,1-3H3,(H,18,20). The largest absolute Gasteiger partial charge is 0.495 e. The summed E-state index contributed by atoms with van der Waals surface area (Å²) in [5.74, 6) is 1.09. The highest BCUT2D eigenvalue weighted by Crippen LogP contribution is 2.29. The van der Waals surface area contributed by atoms with Gasteiger partial charge in [-0.25, -0.2) is 0 Å². The van der Waals surface area contributed by atoms with Crippen LogP contribution in [0.4, 0.5) is 5.69 Å². The summed E-state index contributed by atoms with van der Waals surface area (Å²) in [5, 5.41) is 2.72. The lowest BCUT2D eigenvalue weighted by Crippen LogP contribution is -2.13. The van der Waals surface area contributed by atoms with Gasteiger partial charge in [-0.05, 0) is 36.4 Å². The summed E-state index contributed by atoms with van der Waals surface area (Å²) in [6.45, 7) is 0. The zero-order valence-corrected chi connectivity index (χ0v) is 13.1. The number of carbonyl (C=O) groups excluding carboxylic acids is 2. The van der Waals surface area contributed by atoms with E-state index in [2.05, 4.69) is 5.32 Å². The molecule has 0 heterocycles. The number of amides is 1. The minimum atomic E-state index is -0.354. The van der Waals surface area contributed by atoms with Gasteiger partial charge in [0.2, 0.25) is 0 Å². The molecule has 0 atom stereocenters. The maximum atomic E-state index is 12.4. The molecule has 120 valence electrons. The van der Waals surface area contributed by atoms with Crippen LogP contribution >= 0.6 is 0 Å². The Morgan fingerprint density at radius 1 is 0.913 bits per heavy atom. The van der Waals surface area contributed by atoms with Crippen LogP contribution in [0.3, 0.4) is 0 Å². The molecule has 0 fully saturated rings. The summed E-state index contributed by atoms with van der Waals surface area (Å²) < 4.78 is 15.5. The molecular weight excluding hydrogens is 298 g/mol. The third-order valence-electron chi connectivity index (χ3n) is 3.25. The number of methoxy groups -OCH3 is 3. The van der Waals surface area contributed by atoms with Gasteiger partial charge in [-0.15, -0.1) is 0 Å². The minimum absolute atomic E-state index is 0.354. The third kappa shape index (κ3) is 3.60. The molecule has 23 heavy (non-hydrogen) atoms. The summed E-state index contributed by atoms with van der Waals surface area (Å²) in [7, 11) is 4.51. The fourth-order valence-corrected chi connectivity index (χ4v) is 2.07. The van der Waals surface area contributed by atoms with Gasteiger partial charge in [0.25, 0.3) is 5.91 Å². The Morgan fingerprint density at radius 2 is 1.57 bits per heavy atom. The number of ether oxygens (including phenoxy) is 3. The number of aldehydes is 1. The molecular formula is C17H17NO5. The zero-order chi connectivity index (χ0) is 16.8. The molecule has 0 spiro atoms. The first-order chi connectivity index (χ1) is 11.1. The van der Waals surface area contributed by atoms with Gasteiger partial charge >= 0.3 is 0 Å². The summed E-state index contributed by atoms with van der Waals surface area (Å²) in [4.78, 5) is 23.3. The Kier molecular flexibility index (Phi) is 5.19. The molecule has 2 aromatic rings. The maximum absolute atomic E-state index is 12.4. The molecule has 0 saturated carbocycles. The lowest BCUT2D eigenvalue weighted by atomic mass is 10.1. The first-order valence-electron chi connectivity index (χ1n) is 6.79. The predicted molar refractivity (Wildman–Crippen MR) is 85.9 cm³/mol. The van der Waals surface area contributed by atoms with Gasteiger partial charge in [0, 0.05) is 11.1 Å². The smallest absolute Gasteiger partial charge is 0.255 e. The van der Waals surface area contributed by atoms with Crippen molar-refractivity contribution in [2.24, 2.45) is 0 Å². The van der Waals surface area contributed by atoms with Crippen molar-refractivity contribution >= 4 is 17.9 Å². The van der Waals surface area contributed by atoms with Crippen molar-refractivity contribution in [1.29, 1.82) is 0 Å². The number of anilines is 1. The molecule has 0 unspecified atom stereocenters. The van der Waals surface area contributed by atoms with Gasteiger partial charge in [-0.1, -0.05) is 0 Å². The van der Waals surface area contributed by atoms with Crippen molar-refractivity contribution in [3.8, 4) is 17.2 Å². The molecule has 0 aromatic heterocycles. The fourth-order valence-electron chi connectivity index (χ4n) is 2.07. The number of carbonyl (C=O) groups is 2. The van der Waals surface area contributed by atoms with E-state index in [1.807, 2.05) is 0 Å². The van der Waals surface area contributed by atoms with E-state index in [0.29, 0.717) is 40.3 Å². The van der Waals surface area contributed by atoms with E-state index < -0.39 is 0 Å². The van der Waals surface area contributed by atoms with Gasteiger partial charge in [0.1, 0.15) is 12.0 Å². The second-order valence-electron chi connectivity index (χ2n) is 4.60. The van der Waals surface area contributed by atoms with Crippen LogP contribution in [0.15, 0.2) is 36.4 Å². The Morgan fingerprint density at radius 3 is 2.17 bits per heavy atom. The lowest BCUT2D eigenvalue weighted by molar-refractivity contribution is 0.102. The molecule has 2 rings (SSSR count). The summed E-state index contributed by atoms with van der Waals surface area (Å²) in [5.41, 5.74) is 1.24. The van der Waals surface area contributed by atoms with Gasteiger partial charge in [0.15, 0.2) is 11.5 Å². The molecule has 0 aliphatic carbocycles. The summed E-state index contributed by atoms with van der Waals surface area (Å²) in [6, 6.07) is 9.61. The molecule has 0 aliphatic rings.